The summed E-state index contributed by atoms with van der Waals surface area (Å²) < 4.78 is 8.73. The van der Waals surface area contributed by atoms with Gasteiger partial charge in [0, 0.05) is 19.2 Å². The molecule has 3 aromatic heterocycles. The third kappa shape index (κ3) is 2.80. The molecule has 0 amide bonds. The quantitative estimate of drug-likeness (QED) is 0.283. The van der Waals surface area contributed by atoms with E-state index in [-0.39, 0.29) is 28.4 Å². The Balaban J connectivity index is 1.69. The second kappa shape index (κ2) is 6.69. The minimum Gasteiger partial charge on any atom is -0.454 e. The van der Waals surface area contributed by atoms with Crippen LogP contribution in [0.3, 0.4) is 0 Å². The van der Waals surface area contributed by atoms with E-state index in [0.717, 1.165) is 6.07 Å². The zero-order valence-corrected chi connectivity index (χ0v) is 15.7. The lowest BCUT2D eigenvalue weighted by molar-refractivity contribution is -0.384. The van der Waals surface area contributed by atoms with Gasteiger partial charge in [0.2, 0.25) is 5.78 Å². The number of aromatic nitrogens is 4. The molecule has 0 aliphatic heterocycles. The summed E-state index contributed by atoms with van der Waals surface area (Å²) in [6.45, 7) is -0.262. The zero-order valence-electron chi connectivity index (χ0n) is 14.2. The number of rotatable bonds is 4. The molecule has 10 nitrogen and oxygen atoms in total. The second-order valence-corrected chi connectivity index (χ2v) is 7.07. The number of nitrogens with zero attached hydrogens (tertiary/aromatic N) is 5. The highest BCUT2D eigenvalue weighted by Gasteiger charge is 2.20. The molecule has 0 spiro atoms. The van der Waals surface area contributed by atoms with Crippen molar-refractivity contribution in [1.29, 1.82) is 0 Å². The summed E-state index contributed by atoms with van der Waals surface area (Å²) in [6.07, 6.45) is 0. The fourth-order valence-corrected chi connectivity index (χ4v) is 3.78. The van der Waals surface area contributed by atoms with Gasteiger partial charge in [0.25, 0.3) is 11.2 Å². The first-order valence-electron chi connectivity index (χ1n) is 7.79. The van der Waals surface area contributed by atoms with E-state index in [0.29, 0.717) is 21.8 Å². The topological polar surface area (TPSA) is 122 Å². The summed E-state index contributed by atoms with van der Waals surface area (Å²) >= 11 is 7.24. The molecule has 1 aromatic carbocycles. The number of halogens is 1. The number of nitro groups is 1. The Hall–Kier alpha value is -3.31. The molecule has 0 aliphatic carbocycles. The molecule has 12 heteroatoms. The van der Waals surface area contributed by atoms with Gasteiger partial charge in [-0.15, -0.1) is 21.5 Å². The Kier molecular flexibility index (Phi) is 4.32. The SMILES string of the molecule is Cn1c(=O)c2sccc2n2c(COC(=O)c3cc([N+](=O)[O-])ccc3Cl)nnc12. The van der Waals surface area contributed by atoms with Crippen LogP contribution >= 0.6 is 22.9 Å². The van der Waals surface area contributed by atoms with Gasteiger partial charge in [0.1, 0.15) is 4.70 Å². The highest BCUT2D eigenvalue weighted by Crippen LogP contribution is 2.24. The Morgan fingerprint density at radius 1 is 1.36 bits per heavy atom. The summed E-state index contributed by atoms with van der Waals surface area (Å²) in [7, 11) is 1.57. The van der Waals surface area contributed by atoms with Gasteiger partial charge in [-0.3, -0.25) is 23.9 Å². The fourth-order valence-electron chi connectivity index (χ4n) is 2.74. The van der Waals surface area contributed by atoms with Crippen molar-refractivity contribution in [3.8, 4) is 0 Å². The van der Waals surface area contributed by atoms with E-state index in [2.05, 4.69) is 10.2 Å². The van der Waals surface area contributed by atoms with Crippen molar-refractivity contribution >= 4 is 50.6 Å². The van der Waals surface area contributed by atoms with E-state index in [1.807, 2.05) is 0 Å². The molecule has 3 heterocycles. The Morgan fingerprint density at radius 3 is 2.89 bits per heavy atom. The summed E-state index contributed by atoms with van der Waals surface area (Å²) in [5, 5.41) is 20.7. The highest BCUT2D eigenvalue weighted by molar-refractivity contribution is 7.17. The van der Waals surface area contributed by atoms with E-state index in [9.17, 15) is 19.7 Å². The number of non-ortho nitro benzene ring substituents is 1. The van der Waals surface area contributed by atoms with Crippen molar-refractivity contribution in [3.63, 3.8) is 0 Å². The molecule has 0 saturated heterocycles. The van der Waals surface area contributed by atoms with E-state index in [4.69, 9.17) is 16.3 Å². The predicted molar refractivity (Wildman–Crippen MR) is 101 cm³/mol. The largest absolute Gasteiger partial charge is 0.454 e. The van der Waals surface area contributed by atoms with Crippen molar-refractivity contribution in [1.82, 2.24) is 19.2 Å². The molecule has 0 atom stereocenters. The number of carbonyl (C=O) groups is 1. The van der Waals surface area contributed by atoms with Gasteiger partial charge in [-0.05, 0) is 17.5 Å². The zero-order chi connectivity index (χ0) is 20.0. The van der Waals surface area contributed by atoms with Gasteiger partial charge in [0.05, 0.1) is 21.0 Å². The Bertz CT molecular complexity index is 1320. The number of ether oxygens (including phenoxy) is 1. The average molecular weight is 420 g/mol. The number of thiophene rings is 1. The Labute approximate surface area is 164 Å². The number of nitro benzene ring substituents is 1. The summed E-state index contributed by atoms with van der Waals surface area (Å²) in [6, 6.07) is 5.25. The van der Waals surface area contributed by atoms with Crippen molar-refractivity contribution in [2.24, 2.45) is 7.05 Å². The highest BCUT2D eigenvalue weighted by atomic mass is 35.5. The molecular weight excluding hydrogens is 410 g/mol. The number of esters is 1. The van der Waals surface area contributed by atoms with Crippen LogP contribution in [0.15, 0.2) is 34.4 Å². The monoisotopic (exact) mass is 419 g/mol. The van der Waals surface area contributed by atoms with Crippen LogP contribution in [-0.2, 0) is 18.4 Å². The van der Waals surface area contributed by atoms with E-state index in [1.165, 1.54) is 28.0 Å². The lowest BCUT2D eigenvalue weighted by Gasteiger charge is -2.07. The maximum Gasteiger partial charge on any atom is 0.340 e. The Morgan fingerprint density at radius 2 is 2.14 bits per heavy atom. The van der Waals surface area contributed by atoms with Crippen LogP contribution in [0, 0.1) is 10.1 Å². The number of aryl methyl sites for hydroxylation is 1. The molecule has 4 rings (SSSR count). The molecular formula is C16H10ClN5O5S. The third-order valence-electron chi connectivity index (χ3n) is 4.11. The maximum atomic E-state index is 12.4. The number of benzene rings is 1. The van der Waals surface area contributed by atoms with Crippen molar-refractivity contribution in [2.75, 3.05) is 0 Å². The van der Waals surface area contributed by atoms with Gasteiger partial charge >= 0.3 is 5.97 Å². The molecule has 0 radical (unpaired) electrons. The van der Waals surface area contributed by atoms with E-state index in [1.54, 1.807) is 22.9 Å². The molecule has 0 aliphatic rings. The minimum atomic E-state index is -0.836. The number of fused-ring (bicyclic) bond motifs is 3. The van der Waals surface area contributed by atoms with Gasteiger partial charge in [-0.1, -0.05) is 11.6 Å². The molecule has 0 N–H and O–H groups in total. The van der Waals surface area contributed by atoms with Crippen LogP contribution in [0.4, 0.5) is 5.69 Å². The number of hydrogen-bond acceptors (Lipinski definition) is 8. The lowest BCUT2D eigenvalue weighted by atomic mass is 10.2. The molecule has 0 saturated carbocycles. The third-order valence-corrected chi connectivity index (χ3v) is 5.33. The van der Waals surface area contributed by atoms with E-state index < -0.39 is 10.9 Å². The average Bonchev–Trinajstić information content (AvgIpc) is 3.31. The maximum absolute atomic E-state index is 12.4. The smallest absolute Gasteiger partial charge is 0.340 e. The van der Waals surface area contributed by atoms with Gasteiger partial charge in [-0.25, -0.2) is 4.79 Å². The van der Waals surface area contributed by atoms with Crippen LogP contribution in [0.5, 0.6) is 0 Å². The van der Waals surface area contributed by atoms with Gasteiger partial charge in [-0.2, -0.15) is 0 Å². The minimum absolute atomic E-state index is 0.0318. The molecule has 142 valence electrons. The van der Waals surface area contributed by atoms with Crippen LogP contribution in [-0.4, -0.2) is 30.1 Å². The predicted octanol–water partition coefficient (Wildman–Crippen LogP) is 2.56. The summed E-state index contributed by atoms with van der Waals surface area (Å²) in [5.41, 5.74) is 0.00128. The first-order chi connectivity index (χ1) is 13.4. The van der Waals surface area contributed by atoms with Crippen LogP contribution in [0.25, 0.3) is 16.0 Å². The van der Waals surface area contributed by atoms with Crippen molar-refractivity contribution in [3.05, 3.63) is 66.5 Å². The number of hydrogen-bond donors (Lipinski definition) is 0. The lowest BCUT2D eigenvalue weighted by Crippen LogP contribution is -2.19. The van der Waals surface area contributed by atoms with Crippen LogP contribution in [0.1, 0.15) is 16.2 Å². The van der Waals surface area contributed by atoms with Crippen molar-refractivity contribution < 1.29 is 14.5 Å². The van der Waals surface area contributed by atoms with Crippen LogP contribution in [0.2, 0.25) is 5.02 Å². The molecule has 0 unspecified atom stereocenters. The normalized spacial score (nSPS) is 11.2. The molecule has 0 fully saturated rings. The first kappa shape index (κ1) is 18.1. The van der Waals surface area contributed by atoms with E-state index >= 15 is 0 Å². The summed E-state index contributed by atoms with van der Waals surface area (Å²) in [5.74, 6) is -0.240. The molecule has 28 heavy (non-hydrogen) atoms. The standard InChI is InChI=1S/C16H10ClN5O5S/c1-20-14(23)13-11(4-5-28-13)21-12(18-19-16(20)21)7-27-15(24)9-6-8(22(25)26)2-3-10(9)17/h2-6H,7H2,1H3. The first-order valence-corrected chi connectivity index (χ1v) is 9.05. The van der Waals surface area contributed by atoms with Gasteiger partial charge in [0.15, 0.2) is 12.4 Å². The second-order valence-electron chi connectivity index (χ2n) is 5.75. The molecule has 4 aromatic rings. The molecule has 0 bridgehead atoms. The fraction of sp³-hybridized carbons (Fsp3) is 0.125. The van der Waals surface area contributed by atoms with Crippen LogP contribution < -0.4 is 5.56 Å². The summed E-state index contributed by atoms with van der Waals surface area (Å²) in [4.78, 5) is 35.0. The van der Waals surface area contributed by atoms with Crippen molar-refractivity contribution in [2.45, 2.75) is 6.61 Å². The number of carbonyl (C=O) groups excluding carboxylic acids is 1. The van der Waals surface area contributed by atoms with Gasteiger partial charge < -0.3 is 4.74 Å².